The van der Waals surface area contributed by atoms with Crippen molar-refractivity contribution in [2.45, 2.75) is 9.79 Å². The first kappa shape index (κ1) is 19.8. The highest BCUT2D eigenvalue weighted by Crippen LogP contribution is 2.24. The monoisotopic (exact) mass is 420 g/mol. The van der Waals surface area contributed by atoms with E-state index in [4.69, 9.17) is 0 Å². The fourth-order valence-electron chi connectivity index (χ4n) is 2.73. The Morgan fingerprint density at radius 1 is 0.667 bits per heavy atom. The van der Waals surface area contributed by atoms with Gasteiger partial charge in [0.25, 0.3) is 0 Å². The minimum atomic E-state index is -4.23. The maximum absolute atomic E-state index is 13.8. The van der Waals surface area contributed by atoms with Crippen molar-refractivity contribution < 1.29 is 30.0 Å². The molecular weight excluding hydrogens is 405 g/mol. The summed E-state index contributed by atoms with van der Waals surface area (Å²) in [6.07, 6.45) is 0. The molecule has 0 unspecified atom stereocenters. The van der Waals surface area contributed by atoms with Gasteiger partial charge in [0.05, 0.1) is 4.90 Å². The van der Waals surface area contributed by atoms with Crippen LogP contribution in [-0.4, -0.2) is 51.6 Å². The van der Waals surface area contributed by atoms with Crippen molar-refractivity contribution >= 4 is 20.0 Å². The van der Waals surface area contributed by atoms with Gasteiger partial charge >= 0.3 is 0 Å². The lowest BCUT2D eigenvalue weighted by atomic mass is 10.3. The smallest absolute Gasteiger partial charge is 0.207 e. The zero-order valence-corrected chi connectivity index (χ0v) is 15.5. The summed E-state index contributed by atoms with van der Waals surface area (Å²) in [7, 11) is -8.13. The number of sulfonamides is 2. The molecule has 0 atom stereocenters. The first-order valence-electron chi connectivity index (χ1n) is 7.83. The van der Waals surface area contributed by atoms with Gasteiger partial charge in [-0.25, -0.2) is 30.0 Å². The molecule has 1 aliphatic heterocycles. The molecule has 0 spiro atoms. The van der Waals surface area contributed by atoms with Gasteiger partial charge in [0.15, 0.2) is 0 Å². The van der Waals surface area contributed by atoms with E-state index in [9.17, 15) is 30.0 Å². The van der Waals surface area contributed by atoms with E-state index >= 15 is 0 Å². The minimum absolute atomic E-state index is 0.107. The van der Waals surface area contributed by atoms with Crippen LogP contribution in [0.25, 0.3) is 0 Å². The molecule has 1 heterocycles. The average molecular weight is 420 g/mol. The van der Waals surface area contributed by atoms with Gasteiger partial charge in [-0.3, -0.25) is 0 Å². The van der Waals surface area contributed by atoms with Gasteiger partial charge in [-0.1, -0.05) is 0 Å². The number of halogens is 3. The standard InChI is InChI=1S/C16H15F3N2O4S2/c17-12-1-4-14(5-2-12)26(22,23)20-7-9-21(10-8-20)27(24,25)16-6-3-13(18)11-15(16)19/h1-6,11H,7-10H2. The van der Waals surface area contributed by atoms with E-state index < -0.39 is 42.4 Å². The van der Waals surface area contributed by atoms with Gasteiger partial charge in [-0.05, 0) is 36.4 Å². The summed E-state index contributed by atoms with van der Waals surface area (Å²) >= 11 is 0. The Bertz CT molecular complexity index is 1050. The lowest BCUT2D eigenvalue weighted by Gasteiger charge is -2.33. The molecule has 2 aromatic rings. The molecule has 1 fully saturated rings. The van der Waals surface area contributed by atoms with Gasteiger partial charge in [0, 0.05) is 32.2 Å². The van der Waals surface area contributed by atoms with Crippen LogP contribution < -0.4 is 0 Å². The molecule has 27 heavy (non-hydrogen) atoms. The van der Waals surface area contributed by atoms with E-state index in [1.165, 1.54) is 0 Å². The van der Waals surface area contributed by atoms with E-state index in [-0.39, 0.29) is 31.1 Å². The molecule has 1 saturated heterocycles. The van der Waals surface area contributed by atoms with Crippen LogP contribution in [0, 0.1) is 17.5 Å². The Balaban J connectivity index is 1.77. The largest absolute Gasteiger partial charge is 0.246 e. The van der Waals surface area contributed by atoms with Crippen molar-refractivity contribution in [3.63, 3.8) is 0 Å². The molecule has 0 radical (unpaired) electrons. The summed E-state index contributed by atoms with van der Waals surface area (Å²) in [6, 6.07) is 6.44. The lowest BCUT2D eigenvalue weighted by Crippen LogP contribution is -2.50. The van der Waals surface area contributed by atoms with Crippen molar-refractivity contribution in [2.24, 2.45) is 0 Å². The normalized spacial score (nSPS) is 17.1. The predicted octanol–water partition coefficient (Wildman–Crippen LogP) is 1.80. The molecule has 0 aliphatic carbocycles. The van der Waals surface area contributed by atoms with Crippen molar-refractivity contribution in [1.82, 2.24) is 8.61 Å². The van der Waals surface area contributed by atoms with Crippen LogP contribution in [0.1, 0.15) is 0 Å². The van der Waals surface area contributed by atoms with Crippen molar-refractivity contribution in [3.05, 3.63) is 59.9 Å². The molecule has 11 heteroatoms. The summed E-state index contributed by atoms with van der Waals surface area (Å²) in [6.45, 7) is -0.692. The molecule has 0 bridgehead atoms. The third kappa shape index (κ3) is 3.86. The number of hydrogen-bond acceptors (Lipinski definition) is 4. The molecular formula is C16H15F3N2O4S2. The molecule has 0 saturated carbocycles. The third-order valence-corrected chi connectivity index (χ3v) is 8.01. The Morgan fingerprint density at radius 3 is 1.67 bits per heavy atom. The maximum atomic E-state index is 13.8. The minimum Gasteiger partial charge on any atom is -0.207 e. The zero-order valence-electron chi connectivity index (χ0n) is 13.8. The van der Waals surface area contributed by atoms with Crippen LogP contribution in [0.3, 0.4) is 0 Å². The molecule has 0 N–H and O–H groups in total. The van der Waals surface area contributed by atoms with Crippen molar-refractivity contribution in [2.75, 3.05) is 26.2 Å². The Labute approximate surface area is 154 Å². The van der Waals surface area contributed by atoms with Crippen LogP contribution in [-0.2, 0) is 20.0 Å². The van der Waals surface area contributed by atoms with Crippen LogP contribution in [0.4, 0.5) is 13.2 Å². The van der Waals surface area contributed by atoms with Gasteiger partial charge in [0.2, 0.25) is 20.0 Å². The van der Waals surface area contributed by atoms with Gasteiger partial charge < -0.3 is 0 Å². The second-order valence-electron chi connectivity index (χ2n) is 5.84. The Kier molecular flexibility index (Phi) is 5.30. The van der Waals surface area contributed by atoms with Crippen LogP contribution >= 0.6 is 0 Å². The fraction of sp³-hybridized carbons (Fsp3) is 0.250. The number of hydrogen-bond donors (Lipinski definition) is 0. The number of benzene rings is 2. The van der Waals surface area contributed by atoms with Crippen LogP contribution in [0.2, 0.25) is 0 Å². The molecule has 6 nitrogen and oxygen atoms in total. The molecule has 3 rings (SSSR count). The predicted molar refractivity (Wildman–Crippen MR) is 90.3 cm³/mol. The van der Waals surface area contributed by atoms with Crippen molar-refractivity contribution in [3.8, 4) is 0 Å². The second kappa shape index (κ2) is 7.23. The highest BCUT2D eigenvalue weighted by molar-refractivity contribution is 7.89. The first-order chi connectivity index (χ1) is 12.6. The number of rotatable bonds is 4. The highest BCUT2D eigenvalue weighted by Gasteiger charge is 2.35. The van der Waals surface area contributed by atoms with E-state index in [0.717, 1.165) is 45.0 Å². The van der Waals surface area contributed by atoms with Gasteiger partial charge in [-0.2, -0.15) is 8.61 Å². The van der Waals surface area contributed by atoms with Crippen LogP contribution in [0.5, 0.6) is 0 Å². The van der Waals surface area contributed by atoms with Crippen LogP contribution in [0.15, 0.2) is 52.3 Å². The van der Waals surface area contributed by atoms with Gasteiger partial charge in [-0.15, -0.1) is 0 Å². The molecule has 2 aromatic carbocycles. The summed E-state index contributed by atoms with van der Waals surface area (Å²) in [5.41, 5.74) is 0. The maximum Gasteiger partial charge on any atom is 0.246 e. The summed E-state index contributed by atoms with van der Waals surface area (Å²) in [5, 5.41) is 0. The summed E-state index contributed by atoms with van der Waals surface area (Å²) in [4.78, 5) is -0.775. The topological polar surface area (TPSA) is 74.8 Å². The molecule has 0 amide bonds. The van der Waals surface area contributed by atoms with Gasteiger partial charge in [0.1, 0.15) is 22.3 Å². The molecule has 0 aromatic heterocycles. The summed E-state index contributed by atoms with van der Waals surface area (Å²) < 4.78 is 92.0. The fourth-order valence-corrected chi connectivity index (χ4v) is 5.62. The van der Waals surface area contributed by atoms with E-state index in [0.29, 0.717) is 6.07 Å². The number of nitrogens with zero attached hydrogens (tertiary/aromatic N) is 2. The van der Waals surface area contributed by atoms with E-state index in [2.05, 4.69) is 0 Å². The Hall–Kier alpha value is -1.95. The Morgan fingerprint density at radius 2 is 1.15 bits per heavy atom. The second-order valence-corrected chi connectivity index (χ2v) is 9.68. The number of piperazine rings is 1. The van der Waals surface area contributed by atoms with E-state index in [1.54, 1.807) is 0 Å². The summed E-state index contributed by atoms with van der Waals surface area (Å²) in [5.74, 6) is -2.69. The van der Waals surface area contributed by atoms with Crippen molar-refractivity contribution in [1.29, 1.82) is 0 Å². The third-order valence-electron chi connectivity index (χ3n) is 4.16. The zero-order chi connectivity index (χ0) is 19.8. The SMILES string of the molecule is O=S(=O)(c1ccc(F)cc1)N1CCN(S(=O)(=O)c2ccc(F)cc2F)CC1. The quantitative estimate of drug-likeness (QED) is 0.756. The van der Waals surface area contributed by atoms with E-state index in [1.807, 2.05) is 0 Å². The average Bonchev–Trinajstić information content (AvgIpc) is 2.62. The molecule has 1 aliphatic rings. The lowest BCUT2D eigenvalue weighted by molar-refractivity contribution is 0.272. The highest BCUT2D eigenvalue weighted by atomic mass is 32.2. The first-order valence-corrected chi connectivity index (χ1v) is 10.7. The molecule has 146 valence electrons.